The number of hydrogen-bond acceptors (Lipinski definition) is 5. The standard InChI is InChI=1S/C36H46N4O2S/c1-21(11-16-31(42)39-33-38-28-9-7-8-10-29(28)43-33)25-13-14-26-24-12-15-30-34(3,4)32-23(20-37-40(32)22(2)41)19-36(30,6)27(24)17-18-35(25,26)5/h7-10,15,20-21,24-27H,11-14,16-19H2,1-6H3,(H,38,39,42)/t21-,24+,25-,26+,27+,35-,36-/m1/s1. The van der Waals surface area contributed by atoms with E-state index in [4.69, 9.17) is 0 Å². The third-order valence-electron chi connectivity index (χ3n) is 12.6. The summed E-state index contributed by atoms with van der Waals surface area (Å²) in [5.74, 6) is 3.36. The SMILES string of the molecule is CC(=O)n1ncc2c1C(C)(C)C1=CC[C@H]3[C@@H]4CC[C@H]([C@H](C)CCC(=O)Nc5nc6ccccc6s5)[C@@]4(C)CC[C@@H]3[C@@]1(C)C2. The summed E-state index contributed by atoms with van der Waals surface area (Å²) in [7, 11) is 0. The van der Waals surface area contributed by atoms with Crippen LogP contribution in [0.3, 0.4) is 0 Å². The van der Waals surface area contributed by atoms with E-state index in [1.807, 2.05) is 24.4 Å². The van der Waals surface area contributed by atoms with E-state index in [1.165, 1.54) is 36.8 Å². The Balaban J connectivity index is 1.05. The van der Waals surface area contributed by atoms with Crippen molar-refractivity contribution in [3.05, 3.63) is 53.4 Å². The van der Waals surface area contributed by atoms with Gasteiger partial charge in [0.2, 0.25) is 11.8 Å². The molecule has 2 aromatic heterocycles. The van der Waals surface area contributed by atoms with Gasteiger partial charge in [-0.05, 0) is 103 Å². The Bertz CT molecular complexity index is 1600. The molecule has 0 aliphatic heterocycles. The molecule has 7 atom stereocenters. The smallest absolute Gasteiger partial charge is 0.244 e. The van der Waals surface area contributed by atoms with E-state index in [2.05, 4.69) is 62.2 Å². The first-order valence-corrected chi connectivity index (χ1v) is 17.2. The van der Waals surface area contributed by atoms with Gasteiger partial charge in [0, 0.05) is 18.8 Å². The quantitative estimate of drug-likeness (QED) is 0.299. The number of aromatic nitrogens is 3. The average molecular weight is 599 g/mol. The molecular formula is C36H46N4O2S. The van der Waals surface area contributed by atoms with Crippen LogP contribution in [0.5, 0.6) is 0 Å². The molecule has 7 heteroatoms. The van der Waals surface area contributed by atoms with Gasteiger partial charge in [-0.1, -0.05) is 69.7 Å². The van der Waals surface area contributed by atoms with Crippen molar-refractivity contribution in [2.24, 2.45) is 40.4 Å². The first-order valence-electron chi connectivity index (χ1n) is 16.4. The van der Waals surface area contributed by atoms with Crippen LogP contribution in [0.2, 0.25) is 0 Å². The molecule has 7 rings (SSSR count). The zero-order valence-corrected chi connectivity index (χ0v) is 27.4. The Morgan fingerprint density at radius 3 is 2.67 bits per heavy atom. The van der Waals surface area contributed by atoms with Crippen LogP contribution >= 0.6 is 11.3 Å². The number of hydrogen-bond donors (Lipinski definition) is 1. The fourth-order valence-corrected chi connectivity index (χ4v) is 11.8. The van der Waals surface area contributed by atoms with Crippen molar-refractivity contribution >= 4 is 38.5 Å². The van der Waals surface area contributed by atoms with Gasteiger partial charge in [0.05, 0.1) is 22.1 Å². The van der Waals surface area contributed by atoms with Crippen LogP contribution in [0.4, 0.5) is 5.13 Å². The molecular weight excluding hydrogens is 552 g/mol. The molecule has 1 aromatic carbocycles. The van der Waals surface area contributed by atoms with E-state index < -0.39 is 0 Å². The number of anilines is 1. The second-order valence-electron chi connectivity index (χ2n) is 15.2. The summed E-state index contributed by atoms with van der Waals surface area (Å²) in [6, 6.07) is 8.04. The number of carbonyl (C=O) groups excluding carboxylic acids is 2. The van der Waals surface area contributed by atoms with Crippen LogP contribution in [0.25, 0.3) is 10.2 Å². The average Bonchev–Trinajstić information content (AvgIpc) is 3.66. The molecule has 2 saturated carbocycles. The largest absolute Gasteiger partial charge is 0.302 e. The molecule has 6 nitrogen and oxygen atoms in total. The lowest BCUT2D eigenvalue weighted by atomic mass is 9.44. The van der Waals surface area contributed by atoms with Crippen LogP contribution in [0, 0.1) is 40.4 Å². The van der Waals surface area contributed by atoms with Crippen molar-refractivity contribution in [3.63, 3.8) is 0 Å². The van der Waals surface area contributed by atoms with E-state index in [-0.39, 0.29) is 22.6 Å². The number of nitrogens with zero attached hydrogens (tertiary/aromatic N) is 3. The molecule has 3 aromatic rings. The highest BCUT2D eigenvalue weighted by atomic mass is 32.1. The molecule has 4 aliphatic carbocycles. The molecule has 1 amide bonds. The maximum Gasteiger partial charge on any atom is 0.244 e. The van der Waals surface area contributed by atoms with Crippen molar-refractivity contribution in [2.75, 3.05) is 5.32 Å². The summed E-state index contributed by atoms with van der Waals surface area (Å²) in [6.45, 7) is 13.7. The minimum Gasteiger partial charge on any atom is -0.302 e. The summed E-state index contributed by atoms with van der Waals surface area (Å²) in [5, 5.41) is 8.32. The lowest BCUT2D eigenvalue weighted by Gasteiger charge is -2.60. The van der Waals surface area contributed by atoms with Crippen LogP contribution in [0.1, 0.15) is 103 Å². The van der Waals surface area contributed by atoms with Crippen molar-refractivity contribution in [2.45, 2.75) is 98.3 Å². The van der Waals surface area contributed by atoms with E-state index in [9.17, 15) is 9.59 Å². The monoisotopic (exact) mass is 598 g/mol. The number of carbonyl (C=O) groups is 2. The number of rotatable bonds is 5. The third-order valence-corrected chi connectivity index (χ3v) is 13.5. The van der Waals surface area contributed by atoms with Crippen LogP contribution < -0.4 is 5.32 Å². The second kappa shape index (κ2) is 10.1. The summed E-state index contributed by atoms with van der Waals surface area (Å²) >= 11 is 1.55. The van der Waals surface area contributed by atoms with Gasteiger partial charge in [-0.15, -0.1) is 0 Å². The van der Waals surface area contributed by atoms with Gasteiger partial charge < -0.3 is 5.32 Å². The van der Waals surface area contributed by atoms with Gasteiger partial charge in [0.15, 0.2) is 5.13 Å². The number of nitrogens with one attached hydrogen (secondary N) is 1. The van der Waals surface area contributed by atoms with E-state index in [0.29, 0.717) is 40.6 Å². The molecule has 0 radical (unpaired) electrons. The number of thiazole rings is 1. The van der Waals surface area contributed by atoms with Gasteiger partial charge in [-0.2, -0.15) is 5.10 Å². The zero-order chi connectivity index (χ0) is 30.3. The predicted octanol–water partition coefficient (Wildman–Crippen LogP) is 8.44. The van der Waals surface area contributed by atoms with Gasteiger partial charge in [-0.3, -0.25) is 9.59 Å². The van der Waals surface area contributed by atoms with Gasteiger partial charge in [0.1, 0.15) is 0 Å². The number of allylic oxidation sites excluding steroid dienone is 2. The van der Waals surface area contributed by atoms with Crippen molar-refractivity contribution in [1.82, 2.24) is 14.8 Å². The lowest BCUT2D eigenvalue weighted by Crippen LogP contribution is -2.54. The van der Waals surface area contributed by atoms with Gasteiger partial charge in [0.25, 0.3) is 0 Å². The number of fused-ring (bicyclic) bond motifs is 7. The molecule has 1 N–H and O–H groups in total. The van der Waals surface area contributed by atoms with E-state index in [0.717, 1.165) is 41.1 Å². The first kappa shape index (κ1) is 28.9. The van der Waals surface area contributed by atoms with Crippen LogP contribution in [0.15, 0.2) is 42.1 Å². The summed E-state index contributed by atoms with van der Waals surface area (Å²) in [4.78, 5) is 30.0. The molecule has 2 heterocycles. The minimum absolute atomic E-state index is 0.000922. The Hall–Kier alpha value is -2.80. The highest BCUT2D eigenvalue weighted by Gasteiger charge is 2.61. The summed E-state index contributed by atoms with van der Waals surface area (Å²) in [5.41, 5.74) is 5.07. The second-order valence-corrected chi connectivity index (χ2v) is 16.2. The molecule has 2 fully saturated rings. The third kappa shape index (κ3) is 4.39. The molecule has 43 heavy (non-hydrogen) atoms. The minimum atomic E-state index is -0.200. The molecule has 0 bridgehead atoms. The summed E-state index contributed by atoms with van der Waals surface area (Å²) in [6.07, 6.45) is 13.3. The number of benzene rings is 1. The Morgan fingerprint density at radius 1 is 1.12 bits per heavy atom. The first-order chi connectivity index (χ1) is 20.4. The van der Waals surface area contributed by atoms with E-state index >= 15 is 0 Å². The Kier molecular flexibility index (Phi) is 6.81. The van der Waals surface area contributed by atoms with Crippen molar-refractivity contribution in [1.29, 1.82) is 0 Å². The zero-order valence-electron chi connectivity index (χ0n) is 26.6. The molecule has 0 saturated heterocycles. The van der Waals surface area contributed by atoms with Crippen molar-refractivity contribution in [3.8, 4) is 0 Å². The number of para-hydroxylation sites is 1. The topological polar surface area (TPSA) is 76.9 Å². The molecule has 4 aliphatic rings. The normalized spacial score (nSPS) is 33.1. The van der Waals surface area contributed by atoms with Gasteiger partial charge >= 0.3 is 0 Å². The van der Waals surface area contributed by atoms with Crippen LogP contribution in [-0.4, -0.2) is 26.6 Å². The number of amides is 1. The maximum absolute atomic E-state index is 12.9. The van der Waals surface area contributed by atoms with Gasteiger partial charge in [-0.25, -0.2) is 9.67 Å². The van der Waals surface area contributed by atoms with Crippen LogP contribution in [-0.2, 0) is 16.6 Å². The van der Waals surface area contributed by atoms with Crippen molar-refractivity contribution < 1.29 is 9.59 Å². The molecule has 0 unspecified atom stereocenters. The predicted molar refractivity (Wildman–Crippen MR) is 173 cm³/mol. The fraction of sp³-hybridized carbons (Fsp3) is 0.611. The Labute approximate surface area is 259 Å². The summed E-state index contributed by atoms with van der Waals surface area (Å²) < 4.78 is 2.76. The molecule has 228 valence electrons. The lowest BCUT2D eigenvalue weighted by molar-refractivity contribution is -0.116. The maximum atomic E-state index is 12.9. The fourth-order valence-electron chi connectivity index (χ4n) is 10.9. The molecule has 0 spiro atoms. The van der Waals surface area contributed by atoms with E-state index in [1.54, 1.807) is 22.9 Å². The highest BCUT2D eigenvalue weighted by Crippen LogP contribution is 2.68. The highest BCUT2D eigenvalue weighted by molar-refractivity contribution is 7.22. The Morgan fingerprint density at radius 2 is 1.91 bits per heavy atom.